The van der Waals surface area contributed by atoms with Gasteiger partial charge < -0.3 is 4.74 Å². The molecule has 0 bridgehead atoms. The Bertz CT molecular complexity index is 817. The number of hydrogen-bond acceptors (Lipinski definition) is 4. The van der Waals surface area contributed by atoms with Crippen LogP contribution in [0, 0.1) is 12.8 Å². The number of amides is 1. The van der Waals surface area contributed by atoms with Crippen LogP contribution in [-0.2, 0) is 17.8 Å². The highest BCUT2D eigenvalue weighted by Gasteiger charge is 2.36. The molecule has 27 heavy (non-hydrogen) atoms. The van der Waals surface area contributed by atoms with Crippen LogP contribution >= 0.6 is 24.0 Å². The molecule has 5 heteroatoms. The Morgan fingerprint density at radius 2 is 1.89 bits per heavy atom. The van der Waals surface area contributed by atoms with Crippen LogP contribution < -0.4 is 4.74 Å². The van der Waals surface area contributed by atoms with Gasteiger partial charge >= 0.3 is 0 Å². The van der Waals surface area contributed by atoms with Crippen molar-refractivity contribution in [3.05, 3.63) is 65.2 Å². The van der Waals surface area contributed by atoms with Gasteiger partial charge in [0, 0.05) is 6.54 Å². The molecule has 3 nitrogen and oxygen atoms in total. The van der Waals surface area contributed by atoms with Crippen molar-refractivity contribution in [3.8, 4) is 5.75 Å². The van der Waals surface area contributed by atoms with Crippen molar-refractivity contribution >= 4 is 34.2 Å². The summed E-state index contributed by atoms with van der Waals surface area (Å²) in [5.41, 5.74) is 3.51. The lowest BCUT2D eigenvalue weighted by molar-refractivity contribution is -0.126. The number of rotatable bonds is 7. The summed E-state index contributed by atoms with van der Waals surface area (Å²) >= 11 is 6.90. The zero-order valence-electron chi connectivity index (χ0n) is 16.0. The summed E-state index contributed by atoms with van der Waals surface area (Å²) in [4.78, 5) is 14.4. The number of aryl methyl sites for hydroxylation is 1. The Hall–Kier alpha value is -1.85. The maximum atomic E-state index is 12.6. The van der Waals surface area contributed by atoms with E-state index in [4.69, 9.17) is 17.0 Å². The van der Waals surface area contributed by atoms with Crippen LogP contribution in [0.5, 0.6) is 5.75 Å². The summed E-state index contributed by atoms with van der Waals surface area (Å²) in [5.74, 6) is 1.39. The quantitative estimate of drug-likeness (QED) is 0.613. The molecular formula is C22H25NO2S2. The van der Waals surface area contributed by atoms with Crippen molar-refractivity contribution in [1.82, 2.24) is 4.90 Å². The van der Waals surface area contributed by atoms with Crippen LogP contribution in [0.2, 0.25) is 0 Å². The number of hydrogen-bond donors (Lipinski definition) is 0. The number of thiocarbonyl (C=S) groups is 1. The van der Waals surface area contributed by atoms with Crippen LogP contribution in [0.4, 0.5) is 0 Å². The largest absolute Gasteiger partial charge is 0.489 e. The molecule has 0 aromatic heterocycles. The van der Waals surface area contributed by atoms with Gasteiger partial charge in [0.05, 0.1) is 5.25 Å². The lowest BCUT2D eigenvalue weighted by Gasteiger charge is -2.17. The van der Waals surface area contributed by atoms with E-state index < -0.39 is 0 Å². The number of ether oxygens (including phenoxy) is 1. The standard InChI is InChI=1S/C22H25NO2S2/c1-15(2)13-23-21(24)20(27-22(23)26)12-17-7-9-19(10-8-17)25-14-18-6-4-5-16(3)11-18/h4-11,15,20H,12-14H2,1-3H3/t20-/m0/s1. The molecule has 3 rings (SSSR count). The van der Waals surface area contributed by atoms with Crippen molar-refractivity contribution in [1.29, 1.82) is 0 Å². The minimum atomic E-state index is -0.115. The van der Waals surface area contributed by atoms with E-state index in [1.165, 1.54) is 17.3 Å². The summed E-state index contributed by atoms with van der Waals surface area (Å²) < 4.78 is 6.58. The maximum Gasteiger partial charge on any atom is 0.241 e. The fourth-order valence-corrected chi connectivity index (χ4v) is 4.61. The van der Waals surface area contributed by atoms with Crippen molar-refractivity contribution < 1.29 is 9.53 Å². The first-order valence-electron chi connectivity index (χ1n) is 9.21. The second-order valence-corrected chi connectivity index (χ2v) is 9.18. The van der Waals surface area contributed by atoms with Gasteiger partial charge in [-0.2, -0.15) is 0 Å². The molecule has 2 aromatic rings. The molecule has 0 unspecified atom stereocenters. The van der Waals surface area contributed by atoms with Crippen molar-refractivity contribution in [2.75, 3.05) is 6.54 Å². The highest BCUT2D eigenvalue weighted by atomic mass is 32.2. The van der Waals surface area contributed by atoms with Gasteiger partial charge in [0.1, 0.15) is 16.7 Å². The summed E-state index contributed by atoms with van der Waals surface area (Å²) in [6.07, 6.45) is 0.691. The monoisotopic (exact) mass is 399 g/mol. The third-order valence-corrected chi connectivity index (χ3v) is 5.97. The zero-order chi connectivity index (χ0) is 19.4. The van der Waals surface area contributed by atoms with Gasteiger partial charge in [-0.15, -0.1) is 0 Å². The molecule has 0 N–H and O–H groups in total. The maximum absolute atomic E-state index is 12.6. The predicted octanol–water partition coefficient (Wildman–Crippen LogP) is 5.00. The molecule has 2 aromatic carbocycles. The normalized spacial score (nSPS) is 17.0. The molecule has 1 amide bonds. The van der Waals surface area contributed by atoms with Gasteiger partial charge in [-0.25, -0.2) is 0 Å². The van der Waals surface area contributed by atoms with Crippen LogP contribution in [-0.4, -0.2) is 26.9 Å². The molecule has 0 saturated carbocycles. The van der Waals surface area contributed by atoms with E-state index in [2.05, 4.69) is 39.0 Å². The van der Waals surface area contributed by atoms with Crippen molar-refractivity contribution in [2.45, 2.75) is 39.0 Å². The average Bonchev–Trinajstić information content (AvgIpc) is 2.88. The van der Waals surface area contributed by atoms with Crippen LogP contribution in [0.15, 0.2) is 48.5 Å². The molecule has 1 aliphatic heterocycles. The second-order valence-electron chi connectivity index (χ2n) is 7.34. The van der Waals surface area contributed by atoms with Gasteiger partial charge in [0.15, 0.2) is 0 Å². The lowest BCUT2D eigenvalue weighted by atomic mass is 10.1. The summed E-state index contributed by atoms with van der Waals surface area (Å²) in [6.45, 7) is 7.53. The minimum absolute atomic E-state index is 0.115. The van der Waals surface area contributed by atoms with Gasteiger partial charge in [0.2, 0.25) is 5.91 Å². The molecule has 1 saturated heterocycles. The Morgan fingerprint density at radius 1 is 1.15 bits per heavy atom. The molecular weight excluding hydrogens is 374 g/mol. The van der Waals surface area contributed by atoms with E-state index >= 15 is 0 Å². The molecule has 0 spiro atoms. The average molecular weight is 400 g/mol. The number of carbonyl (C=O) groups excluding carboxylic acids is 1. The smallest absolute Gasteiger partial charge is 0.241 e. The second kappa shape index (κ2) is 8.89. The van der Waals surface area contributed by atoms with Gasteiger partial charge in [-0.05, 0) is 42.5 Å². The number of benzene rings is 2. The summed E-state index contributed by atoms with van der Waals surface area (Å²) in [7, 11) is 0. The molecule has 1 atom stereocenters. The van der Waals surface area contributed by atoms with Crippen molar-refractivity contribution in [3.63, 3.8) is 0 Å². The van der Waals surface area contributed by atoms with E-state index in [-0.39, 0.29) is 11.2 Å². The van der Waals surface area contributed by atoms with Crippen LogP contribution in [0.25, 0.3) is 0 Å². The first kappa shape index (κ1) is 19.9. The minimum Gasteiger partial charge on any atom is -0.489 e. The number of carbonyl (C=O) groups is 1. The van der Waals surface area contributed by atoms with Gasteiger partial charge in [0.25, 0.3) is 0 Å². The molecule has 1 fully saturated rings. The highest BCUT2D eigenvalue weighted by molar-refractivity contribution is 8.24. The first-order chi connectivity index (χ1) is 12.9. The van der Waals surface area contributed by atoms with E-state index in [1.807, 2.05) is 30.3 Å². The summed E-state index contributed by atoms with van der Waals surface area (Å²) in [5, 5.41) is -0.115. The Kier molecular flexibility index (Phi) is 6.55. The Balaban J connectivity index is 1.56. The third kappa shape index (κ3) is 5.33. The predicted molar refractivity (Wildman–Crippen MR) is 116 cm³/mol. The van der Waals surface area contributed by atoms with Crippen molar-refractivity contribution in [2.24, 2.45) is 5.92 Å². The number of thioether (sulfide) groups is 1. The van der Waals surface area contributed by atoms with E-state index in [0.29, 0.717) is 29.8 Å². The number of nitrogens with zero attached hydrogens (tertiary/aromatic N) is 1. The fourth-order valence-electron chi connectivity index (χ4n) is 3.06. The van der Waals surface area contributed by atoms with Crippen LogP contribution in [0.1, 0.15) is 30.5 Å². The molecule has 142 valence electrons. The highest BCUT2D eigenvalue weighted by Crippen LogP contribution is 2.31. The lowest BCUT2D eigenvalue weighted by Crippen LogP contribution is -2.34. The molecule has 1 aliphatic rings. The third-order valence-electron chi connectivity index (χ3n) is 4.39. The van der Waals surface area contributed by atoms with Gasteiger partial charge in [-0.1, -0.05) is 79.8 Å². The van der Waals surface area contributed by atoms with E-state index in [9.17, 15) is 4.79 Å². The topological polar surface area (TPSA) is 29.5 Å². The molecule has 1 heterocycles. The Morgan fingerprint density at radius 3 is 2.56 bits per heavy atom. The van der Waals surface area contributed by atoms with E-state index in [1.54, 1.807) is 4.90 Å². The first-order valence-corrected chi connectivity index (χ1v) is 10.5. The summed E-state index contributed by atoms with van der Waals surface area (Å²) in [6, 6.07) is 16.3. The fraction of sp³-hybridized carbons (Fsp3) is 0.364. The van der Waals surface area contributed by atoms with Crippen LogP contribution in [0.3, 0.4) is 0 Å². The Labute approximate surface area is 171 Å². The molecule has 0 aliphatic carbocycles. The molecule has 0 radical (unpaired) electrons. The van der Waals surface area contributed by atoms with Gasteiger partial charge in [-0.3, -0.25) is 9.69 Å². The van der Waals surface area contributed by atoms with E-state index in [0.717, 1.165) is 16.9 Å². The SMILES string of the molecule is Cc1cccc(COc2ccc(C[C@@H]3SC(=S)N(CC(C)C)C3=O)cc2)c1. The zero-order valence-corrected chi connectivity index (χ0v) is 17.6.